The fraction of sp³-hybridized carbons (Fsp3) is 0.400. The molecule has 1 aromatic heterocycles. The van der Waals surface area contributed by atoms with E-state index in [1.807, 2.05) is 50.5 Å². The highest BCUT2D eigenvalue weighted by atomic mass is 16.5. The third kappa shape index (κ3) is 5.02. The number of hydrogen-bond donors (Lipinski definition) is 2. The Hall–Kier alpha value is -2.99. The highest BCUT2D eigenvalue weighted by Gasteiger charge is 2.46. The first-order valence-corrected chi connectivity index (χ1v) is 10.8. The normalized spacial score (nSPS) is 19.2. The van der Waals surface area contributed by atoms with Gasteiger partial charge in [0, 0.05) is 18.9 Å². The van der Waals surface area contributed by atoms with Gasteiger partial charge in [-0.05, 0) is 60.9 Å². The number of fused-ring (bicyclic) bond motifs is 1. The molecule has 1 heterocycles. The van der Waals surface area contributed by atoms with Gasteiger partial charge in [-0.3, -0.25) is 14.6 Å². The zero-order valence-corrected chi connectivity index (χ0v) is 18.1. The molecule has 0 radical (unpaired) electrons. The maximum atomic E-state index is 13.1. The monoisotopic (exact) mass is 419 g/mol. The van der Waals surface area contributed by atoms with Crippen LogP contribution in [0.3, 0.4) is 0 Å². The summed E-state index contributed by atoms with van der Waals surface area (Å²) in [6.45, 7) is 2.74. The summed E-state index contributed by atoms with van der Waals surface area (Å²) in [7, 11) is 1.84. The summed E-state index contributed by atoms with van der Waals surface area (Å²) in [4.78, 5) is 29.2. The Kier molecular flexibility index (Phi) is 6.18. The molecule has 0 bridgehead atoms. The number of pyridine rings is 1. The van der Waals surface area contributed by atoms with Crippen molar-refractivity contribution in [3.8, 4) is 0 Å². The molecule has 2 unspecified atom stereocenters. The largest absolute Gasteiger partial charge is 0.460 e. The van der Waals surface area contributed by atoms with Gasteiger partial charge in [0.25, 0.3) is 0 Å². The summed E-state index contributed by atoms with van der Waals surface area (Å²) >= 11 is 0. The van der Waals surface area contributed by atoms with Crippen LogP contribution in [0.1, 0.15) is 43.2 Å². The number of nitrogens with zero attached hydrogens (tertiary/aromatic N) is 1. The molecule has 0 aliphatic heterocycles. The summed E-state index contributed by atoms with van der Waals surface area (Å²) in [5.41, 5.74) is 1.58. The molecule has 2 N–H and O–H groups in total. The van der Waals surface area contributed by atoms with Gasteiger partial charge in [-0.25, -0.2) is 0 Å². The minimum atomic E-state index is -0.306. The number of carbonyl (C=O) groups is 2. The lowest BCUT2D eigenvalue weighted by Crippen LogP contribution is -2.43. The standard InChI is InChI=1S/C25H29N3O3/c1-25(10-11-25)24(30)31-16-17-3-5-18(6-4-17)22(15-26-2)23(29)28-21-8-7-20-14-27-12-9-19(20)13-21/h3-7,9,12-14,21-22,26H,8,10-11,15-16H2,1-2H3,(H,28,29). The molecule has 2 aliphatic carbocycles. The highest BCUT2D eigenvalue weighted by molar-refractivity contribution is 5.85. The Morgan fingerprint density at radius 1 is 1.19 bits per heavy atom. The van der Waals surface area contributed by atoms with E-state index in [1.54, 1.807) is 6.20 Å². The first-order chi connectivity index (χ1) is 15.0. The summed E-state index contributed by atoms with van der Waals surface area (Å²) in [5, 5.41) is 8.48. The van der Waals surface area contributed by atoms with Crippen molar-refractivity contribution in [2.24, 2.45) is 5.41 Å². The lowest BCUT2D eigenvalue weighted by atomic mass is 9.96. The van der Waals surface area contributed by atoms with E-state index in [9.17, 15) is 9.59 Å². The second kappa shape index (κ2) is 9.02. The number of nitrogens with one attached hydrogen (secondary N) is 2. The molecule has 0 spiro atoms. The molecule has 6 nitrogen and oxygen atoms in total. The first-order valence-electron chi connectivity index (χ1n) is 10.8. The van der Waals surface area contributed by atoms with Gasteiger partial charge in [0.2, 0.25) is 5.91 Å². The molecule has 1 amide bonds. The van der Waals surface area contributed by atoms with Crippen molar-refractivity contribution in [1.29, 1.82) is 0 Å². The fourth-order valence-corrected chi connectivity index (χ4v) is 3.79. The SMILES string of the molecule is CNCC(C(=O)NC1C=c2ccncc2=CC1)c1ccc(COC(=O)C2(C)CC2)cc1. The number of ether oxygens (including phenoxy) is 1. The molecule has 162 valence electrons. The van der Waals surface area contributed by atoms with Gasteiger partial charge in [-0.15, -0.1) is 0 Å². The summed E-state index contributed by atoms with van der Waals surface area (Å²) in [6, 6.07) is 9.67. The maximum absolute atomic E-state index is 13.1. The van der Waals surface area contributed by atoms with E-state index in [0.29, 0.717) is 6.54 Å². The van der Waals surface area contributed by atoms with Crippen LogP contribution in [-0.4, -0.2) is 36.5 Å². The van der Waals surface area contributed by atoms with Crippen molar-refractivity contribution >= 4 is 24.0 Å². The van der Waals surface area contributed by atoms with E-state index in [2.05, 4.69) is 27.8 Å². The van der Waals surface area contributed by atoms with Crippen LogP contribution in [0.4, 0.5) is 0 Å². The van der Waals surface area contributed by atoms with Gasteiger partial charge in [0.1, 0.15) is 6.61 Å². The number of aromatic nitrogens is 1. The molecule has 4 rings (SSSR count). The Bertz CT molecular complexity index is 1070. The van der Waals surface area contributed by atoms with Gasteiger partial charge in [-0.2, -0.15) is 0 Å². The summed E-state index contributed by atoms with van der Waals surface area (Å²) in [6.07, 6.45) is 10.4. The molecular formula is C25H29N3O3. The number of benzene rings is 1. The topological polar surface area (TPSA) is 80.3 Å². The van der Waals surface area contributed by atoms with Crippen molar-refractivity contribution in [2.75, 3.05) is 13.6 Å². The number of rotatable bonds is 8. The number of hydrogen-bond acceptors (Lipinski definition) is 5. The second-order valence-corrected chi connectivity index (χ2v) is 8.71. The second-order valence-electron chi connectivity index (χ2n) is 8.71. The third-order valence-corrected chi connectivity index (χ3v) is 6.16. The Morgan fingerprint density at radius 2 is 1.97 bits per heavy atom. The Balaban J connectivity index is 1.40. The van der Waals surface area contributed by atoms with Crippen LogP contribution >= 0.6 is 0 Å². The van der Waals surface area contributed by atoms with Crippen molar-refractivity contribution in [3.63, 3.8) is 0 Å². The predicted molar refractivity (Wildman–Crippen MR) is 119 cm³/mol. The van der Waals surface area contributed by atoms with Crippen molar-refractivity contribution < 1.29 is 14.3 Å². The molecule has 2 aliphatic rings. The predicted octanol–water partition coefficient (Wildman–Crippen LogP) is 1.38. The average Bonchev–Trinajstić information content (AvgIpc) is 3.54. The smallest absolute Gasteiger partial charge is 0.312 e. The highest BCUT2D eigenvalue weighted by Crippen LogP contribution is 2.46. The Morgan fingerprint density at radius 3 is 2.68 bits per heavy atom. The van der Waals surface area contributed by atoms with Crippen LogP contribution < -0.4 is 21.1 Å². The van der Waals surface area contributed by atoms with E-state index in [1.165, 1.54) is 0 Å². The molecule has 31 heavy (non-hydrogen) atoms. The van der Waals surface area contributed by atoms with Crippen LogP contribution in [-0.2, 0) is 20.9 Å². The van der Waals surface area contributed by atoms with E-state index < -0.39 is 0 Å². The molecule has 1 aromatic carbocycles. The van der Waals surface area contributed by atoms with E-state index in [-0.39, 0.29) is 35.9 Å². The van der Waals surface area contributed by atoms with Gasteiger partial charge < -0.3 is 15.4 Å². The van der Waals surface area contributed by atoms with Crippen LogP contribution in [0, 0.1) is 5.41 Å². The van der Waals surface area contributed by atoms with Crippen molar-refractivity contribution in [3.05, 3.63) is 64.3 Å². The molecule has 1 saturated carbocycles. The van der Waals surface area contributed by atoms with Crippen LogP contribution in [0.25, 0.3) is 12.2 Å². The van der Waals surface area contributed by atoms with Crippen LogP contribution in [0.2, 0.25) is 0 Å². The third-order valence-electron chi connectivity index (χ3n) is 6.16. The number of esters is 1. The number of likely N-dealkylation sites (N-methyl/N-ethyl adjacent to an activating group) is 1. The summed E-state index contributed by atoms with van der Waals surface area (Å²) < 4.78 is 5.44. The van der Waals surface area contributed by atoms with Gasteiger partial charge >= 0.3 is 5.97 Å². The molecular weight excluding hydrogens is 390 g/mol. The first kappa shape index (κ1) is 21.2. The number of amides is 1. The molecule has 0 saturated heterocycles. The maximum Gasteiger partial charge on any atom is 0.312 e. The van der Waals surface area contributed by atoms with Crippen molar-refractivity contribution in [2.45, 2.75) is 44.8 Å². The minimum Gasteiger partial charge on any atom is -0.460 e. The van der Waals surface area contributed by atoms with Crippen LogP contribution in [0.5, 0.6) is 0 Å². The molecule has 1 fully saturated rings. The van der Waals surface area contributed by atoms with E-state index >= 15 is 0 Å². The Labute approximate surface area is 182 Å². The van der Waals surface area contributed by atoms with E-state index in [4.69, 9.17) is 4.74 Å². The quantitative estimate of drug-likeness (QED) is 0.632. The average molecular weight is 420 g/mol. The minimum absolute atomic E-state index is 0.0117. The fourth-order valence-electron chi connectivity index (χ4n) is 3.79. The zero-order chi connectivity index (χ0) is 21.8. The molecule has 6 heteroatoms. The lowest BCUT2D eigenvalue weighted by Gasteiger charge is -2.22. The lowest BCUT2D eigenvalue weighted by molar-refractivity contribution is -0.150. The van der Waals surface area contributed by atoms with Gasteiger partial charge in [0.15, 0.2) is 0 Å². The van der Waals surface area contributed by atoms with Crippen LogP contribution in [0.15, 0.2) is 42.7 Å². The molecule has 2 aromatic rings. The van der Waals surface area contributed by atoms with Gasteiger partial charge in [0.05, 0.1) is 17.4 Å². The number of carbonyl (C=O) groups excluding carboxylic acids is 2. The van der Waals surface area contributed by atoms with Crippen molar-refractivity contribution in [1.82, 2.24) is 15.6 Å². The van der Waals surface area contributed by atoms with Gasteiger partial charge in [-0.1, -0.05) is 36.4 Å². The van der Waals surface area contributed by atoms with E-state index in [0.717, 1.165) is 40.8 Å². The molecule has 2 atom stereocenters. The summed E-state index contributed by atoms with van der Waals surface area (Å²) in [5.74, 6) is -0.441. The zero-order valence-electron chi connectivity index (χ0n) is 18.1.